The van der Waals surface area contributed by atoms with Crippen molar-refractivity contribution in [3.8, 4) is 0 Å². The van der Waals surface area contributed by atoms with Crippen LogP contribution in [-0.4, -0.2) is 31.6 Å². The molecule has 0 aliphatic carbocycles. The summed E-state index contributed by atoms with van der Waals surface area (Å²) in [5, 5.41) is 0. The van der Waals surface area contributed by atoms with Gasteiger partial charge in [-0.2, -0.15) is 17.4 Å². The van der Waals surface area contributed by atoms with Crippen molar-refractivity contribution in [1.82, 2.24) is 9.03 Å². The lowest BCUT2D eigenvalue weighted by molar-refractivity contribution is 0.406. The minimum absolute atomic E-state index is 0.0873. The van der Waals surface area contributed by atoms with Crippen molar-refractivity contribution in [2.24, 2.45) is 0 Å². The molecule has 3 rings (SSSR count). The Kier molecular flexibility index (Phi) is 4.88. The van der Waals surface area contributed by atoms with Crippen molar-refractivity contribution in [3.63, 3.8) is 0 Å². The van der Waals surface area contributed by atoms with Crippen molar-refractivity contribution >= 4 is 22.0 Å². The average molecular weight is 326 g/mol. The third kappa shape index (κ3) is 3.62. The fourth-order valence-corrected chi connectivity index (χ4v) is 5.62. The largest absolute Gasteiger partial charge is 0.280 e. The highest BCUT2D eigenvalue weighted by molar-refractivity contribution is 7.99. The highest BCUT2D eigenvalue weighted by atomic mass is 32.2. The first-order valence-corrected chi connectivity index (χ1v) is 10.1. The summed E-state index contributed by atoms with van der Waals surface area (Å²) in [5.74, 6) is 0.962. The molecule has 1 atom stereocenters. The first kappa shape index (κ1) is 15.3. The molecule has 0 bridgehead atoms. The Morgan fingerprint density at radius 3 is 2.57 bits per heavy atom. The Balaban J connectivity index is 1.76. The van der Waals surface area contributed by atoms with Gasteiger partial charge in [0.05, 0.1) is 0 Å². The molecule has 0 spiro atoms. The topological polar surface area (TPSA) is 49.4 Å². The van der Waals surface area contributed by atoms with E-state index in [-0.39, 0.29) is 6.04 Å². The van der Waals surface area contributed by atoms with Crippen molar-refractivity contribution in [2.75, 3.05) is 18.8 Å². The van der Waals surface area contributed by atoms with Crippen molar-refractivity contribution in [3.05, 3.63) is 29.8 Å². The van der Waals surface area contributed by atoms with Crippen LogP contribution in [0, 0.1) is 0 Å². The highest BCUT2D eigenvalue weighted by Crippen LogP contribution is 2.36. The average Bonchev–Trinajstić information content (AvgIpc) is 2.77. The van der Waals surface area contributed by atoms with Crippen LogP contribution >= 0.6 is 11.8 Å². The van der Waals surface area contributed by atoms with Crippen molar-refractivity contribution < 1.29 is 8.42 Å². The molecule has 6 heteroatoms. The standard InChI is InChI=1S/C15H22N2O2S2/c18-21(19,17-10-5-1-2-6-11-17)16-14-9-12-20-15-8-4-3-7-13(14)15/h3-4,7-8,14,16H,1-2,5-6,9-12H2/t14-/m0/s1. The third-order valence-corrected chi connectivity index (χ3v) is 6.90. The zero-order valence-electron chi connectivity index (χ0n) is 12.1. The molecule has 0 saturated carbocycles. The number of hydrogen-bond donors (Lipinski definition) is 1. The molecule has 0 unspecified atom stereocenters. The van der Waals surface area contributed by atoms with E-state index in [9.17, 15) is 8.42 Å². The van der Waals surface area contributed by atoms with Crippen LogP contribution in [0.5, 0.6) is 0 Å². The van der Waals surface area contributed by atoms with Gasteiger partial charge in [0.1, 0.15) is 0 Å². The molecule has 1 saturated heterocycles. The van der Waals surface area contributed by atoms with Crippen LogP contribution in [0.1, 0.15) is 43.7 Å². The maximum atomic E-state index is 12.6. The fourth-order valence-electron chi connectivity index (χ4n) is 3.00. The maximum absolute atomic E-state index is 12.6. The quantitative estimate of drug-likeness (QED) is 0.929. The van der Waals surface area contributed by atoms with E-state index in [4.69, 9.17) is 0 Å². The molecule has 1 N–H and O–H groups in total. The summed E-state index contributed by atoms with van der Waals surface area (Å²) < 4.78 is 29.8. The lowest BCUT2D eigenvalue weighted by Crippen LogP contribution is -2.43. The molecule has 2 heterocycles. The smallest absolute Gasteiger partial charge is 0.195 e. The predicted octanol–water partition coefficient (Wildman–Crippen LogP) is 2.93. The minimum atomic E-state index is -3.37. The van der Waals surface area contributed by atoms with Crippen LogP contribution in [0.15, 0.2) is 29.2 Å². The van der Waals surface area contributed by atoms with Gasteiger partial charge in [0.15, 0.2) is 0 Å². The van der Waals surface area contributed by atoms with Gasteiger partial charge in [-0.1, -0.05) is 31.0 Å². The van der Waals surface area contributed by atoms with E-state index in [0.29, 0.717) is 13.1 Å². The number of nitrogens with zero attached hydrogens (tertiary/aromatic N) is 1. The summed E-state index contributed by atoms with van der Waals surface area (Å²) in [6.45, 7) is 1.30. The molecule has 116 valence electrons. The van der Waals surface area contributed by atoms with Gasteiger partial charge in [0.25, 0.3) is 10.2 Å². The fraction of sp³-hybridized carbons (Fsp3) is 0.600. The Morgan fingerprint density at radius 2 is 1.81 bits per heavy atom. The van der Waals surface area contributed by atoms with Gasteiger partial charge in [-0.15, -0.1) is 11.8 Å². The lowest BCUT2D eigenvalue weighted by atomic mass is 10.1. The first-order valence-electron chi connectivity index (χ1n) is 7.66. The molecule has 2 aliphatic heterocycles. The van der Waals surface area contributed by atoms with Gasteiger partial charge in [-0.3, -0.25) is 0 Å². The number of hydrogen-bond acceptors (Lipinski definition) is 3. The van der Waals surface area contributed by atoms with E-state index in [0.717, 1.165) is 43.4 Å². The van der Waals surface area contributed by atoms with E-state index in [2.05, 4.69) is 10.8 Å². The molecule has 0 aromatic heterocycles. The lowest BCUT2D eigenvalue weighted by Gasteiger charge is -2.28. The number of thioether (sulfide) groups is 1. The zero-order chi connectivity index (χ0) is 14.7. The molecular weight excluding hydrogens is 304 g/mol. The normalized spacial score (nSPS) is 24.3. The van der Waals surface area contributed by atoms with Gasteiger partial charge in [0, 0.05) is 24.0 Å². The Morgan fingerprint density at radius 1 is 1.10 bits per heavy atom. The number of benzene rings is 1. The second-order valence-corrected chi connectivity index (χ2v) is 8.50. The van der Waals surface area contributed by atoms with E-state index in [1.807, 2.05) is 30.0 Å². The SMILES string of the molecule is O=S(=O)(N[C@H]1CCSc2ccccc21)N1CCCCCC1. The van der Waals surface area contributed by atoms with Crippen LogP contribution in [0.3, 0.4) is 0 Å². The van der Waals surface area contributed by atoms with Crippen LogP contribution < -0.4 is 4.72 Å². The van der Waals surface area contributed by atoms with Crippen LogP contribution in [0.4, 0.5) is 0 Å². The molecule has 1 aromatic carbocycles. The summed E-state index contributed by atoms with van der Waals surface area (Å²) in [5.41, 5.74) is 1.12. The highest BCUT2D eigenvalue weighted by Gasteiger charge is 2.29. The van der Waals surface area contributed by atoms with E-state index < -0.39 is 10.2 Å². The van der Waals surface area contributed by atoms with E-state index >= 15 is 0 Å². The number of rotatable bonds is 3. The Bertz CT molecular complexity index is 581. The summed E-state index contributed by atoms with van der Waals surface area (Å²) in [6.07, 6.45) is 5.06. The molecule has 0 amide bonds. The van der Waals surface area contributed by atoms with Crippen LogP contribution in [0.25, 0.3) is 0 Å². The maximum Gasteiger partial charge on any atom is 0.280 e. The molecule has 1 aromatic rings. The molecule has 4 nitrogen and oxygen atoms in total. The Hall–Kier alpha value is -0.560. The summed E-state index contributed by atoms with van der Waals surface area (Å²) in [6, 6.07) is 8.02. The number of fused-ring (bicyclic) bond motifs is 1. The number of nitrogens with one attached hydrogen (secondary N) is 1. The van der Waals surface area contributed by atoms with Gasteiger partial charge in [-0.05, 0) is 36.6 Å². The summed E-state index contributed by atoms with van der Waals surface area (Å²) >= 11 is 1.81. The molecule has 21 heavy (non-hydrogen) atoms. The van der Waals surface area contributed by atoms with Crippen LogP contribution in [0.2, 0.25) is 0 Å². The van der Waals surface area contributed by atoms with Gasteiger partial charge in [-0.25, -0.2) is 0 Å². The minimum Gasteiger partial charge on any atom is -0.195 e. The first-order chi connectivity index (χ1) is 10.2. The predicted molar refractivity (Wildman–Crippen MR) is 86.6 cm³/mol. The zero-order valence-corrected chi connectivity index (χ0v) is 13.8. The monoisotopic (exact) mass is 326 g/mol. The Labute approximate surface area is 131 Å². The van der Waals surface area contributed by atoms with E-state index in [1.54, 1.807) is 4.31 Å². The van der Waals surface area contributed by atoms with Gasteiger partial charge in [0.2, 0.25) is 0 Å². The van der Waals surface area contributed by atoms with Crippen molar-refractivity contribution in [1.29, 1.82) is 0 Å². The van der Waals surface area contributed by atoms with Gasteiger partial charge >= 0.3 is 0 Å². The second-order valence-electron chi connectivity index (χ2n) is 5.66. The molecule has 2 aliphatic rings. The second kappa shape index (κ2) is 6.69. The third-order valence-electron chi connectivity index (χ3n) is 4.15. The molecular formula is C15H22N2O2S2. The van der Waals surface area contributed by atoms with E-state index in [1.165, 1.54) is 4.90 Å². The van der Waals surface area contributed by atoms with Crippen molar-refractivity contribution in [2.45, 2.75) is 43.0 Å². The molecule has 0 radical (unpaired) electrons. The summed E-state index contributed by atoms with van der Waals surface area (Å²) in [7, 11) is -3.37. The van der Waals surface area contributed by atoms with Gasteiger partial charge < -0.3 is 0 Å². The molecule has 1 fully saturated rings. The summed E-state index contributed by atoms with van der Waals surface area (Å²) in [4.78, 5) is 1.20. The van der Waals surface area contributed by atoms with Crippen LogP contribution in [-0.2, 0) is 10.2 Å².